The first-order valence-electron chi connectivity index (χ1n) is 12.8. The zero-order chi connectivity index (χ0) is 25.5. The fraction of sp³-hybridized carbons (Fsp3) is 0.355. The Kier molecular flexibility index (Phi) is 8.82. The van der Waals surface area contributed by atoms with Gasteiger partial charge < -0.3 is 10.2 Å². The predicted octanol–water partition coefficient (Wildman–Crippen LogP) is 6.20. The average molecular weight is 503 g/mol. The van der Waals surface area contributed by atoms with Crippen LogP contribution < -0.4 is 5.32 Å². The molecule has 2 amide bonds. The number of nitrogens with one attached hydrogen (secondary N) is 1. The van der Waals surface area contributed by atoms with Crippen LogP contribution in [0.15, 0.2) is 72.8 Å². The molecule has 188 valence electrons. The third-order valence-electron chi connectivity index (χ3n) is 6.85. The van der Waals surface area contributed by atoms with Gasteiger partial charge in [0.1, 0.15) is 6.04 Å². The maximum atomic E-state index is 13.9. The van der Waals surface area contributed by atoms with Crippen LogP contribution in [0, 0.1) is 13.8 Å². The fourth-order valence-electron chi connectivity index (χ4n) is 5.20. The molecule has 1 N–H and O–H groups in total. The van der Waals surface area contributed by atoms with Crippen molar-refractivity contribution in [2.45, 2.75) is 71.0 Å². The Balaban J connectivity index is 1.67. The highest BCUT2D eigenvalue weighted by atomic mass is 35.5. The summed E-state index contributed by atoms with van der Waals surface area (Å²) in [6.45, 7) is 4.40. The van der Waals surface area contributed by atoms with E-state index in [4.69, 9.17) is 11.6 Å². The van der Waals surface area contributed by atoms with Crippen molar-refractivity contribution in [2.24, 2.45) is 0 Å². The van der Waals surface area contributed by atoms with Crippen molar-refractivity contribution in [1.29, 1.82) is 0 Å². The van der Waals surface area contributed by atoms with Crippen molar-refractivity contribution in [3.8, 4) is 0 Å². The summed E-state index contributed by atoms with van der Waals surface area (Å²) in [6, 6.07) is 23.2. The molecule has 0 saturated heterocycles. The Morgan fingerprint density at radius 2 is 1.56 bits per heavy atom. The van der Waals surface area contributed by atoms with E-state index in [2.05, 4.69) is 11.4 Å². The third kappa shape index (κ3) is 7.20. The lowest BCUT2D eigenvalue weighted by molar-refractivity contribution is -0.141. The number of carbonyl (C=O) groups excluding carboxylic acids is 2. The van der Waals surface area contributed by atoms with Gasteiger partial charge in [0.2, 0.25) is 11.8 Å². The minimum absolute atomic E-state index is 0.0671. The molecule has 1 atom stereocenters. The normalized spacial score (nSPS) is 14.4. The minimum atomic E-state index is -0.620. The van der Waals surface area contributed by atoms with Gasteiger partial charge in [0.15, 0.2) is 0 Å². The molecule has 0 bridgehead atoms. The molecule has 3 aromatic carbocycles. The fourth-order valence-corrected chi connectivity index (χ4v) is 5.41. The summed E-state index contributed by atoms with van der Waals surface area (Å²) in [5.41, 5.74) is 5.14. The molecule has 0 unspecified atom stereocenters. The molecule has 0 aromatic heterocycles. The second-order valence-corrected chi connectivity index (χ2v) is 10.5. The van der Waals surface area contributed by atoms with Crippen molar-refractivity contribution >= 4 is 23.4 Å². The summed E-state index contributed by atoms with van der Waals surface area (Å²) in [5, 5.41) is 3.87. The summed E-state index contributed by atoms with van der Waals surface area (Å²) in [6.07, 6.45) is 4.95. The number of hydrogen-bond donors (Lipinski definition) is 1. The van der Waals surface area contributed by atoms with Gasteiger partial charge in [-0.1, -0.05) is 96.2 Å². The maximum absolute atomic E-state index is 13.9. The van der Waals surface area contributed by atoms with E-state index in [1.165, 1.54) is 0 Å². The molecule has 3 aromatic rings. The quantitative estimate of drug-likeness (QED) is 0.379. The number of halogens is 1. The van der Waals surface area contributed by atoms with Crippen LogP contribution in [0.2, 0.25) is 5.02 Å². The molecule has 0 aliphatic heterocycles. The molecule has 5 heteroatoms. The van der Waals surface area contributed by atoms with Crippen molar-refractivity contribution in [3.05, 3.63) is 106 Å². The highest BCUT2D eigenvalue weighted by Gasteiger charge is 2.32. The third-order valence-corrected chi connectivity index (χ3v) is 7.09. The van der Waals surface area contributed by atoms with E-state index in [-0.39, 0.29) is 24.3 Å². The summed E-state index contributed by atoms with van der Waals surface area (Å²) in [5.74, 6) is -0.149. The highest BCUT2D eigenvalue weighted by molar-refractivity contribution is 6.30. The summed E-state index contributed by atoms with van der Waals surface area (Å²) < 4.78 is 0. The van der Waals surface area contributed by atoms with Crippen LogP contribution >= 0.6 is 11.6 Å². The van der Waals surface area contributed by atoms with Crippen LogP contribution in [0.4, 0.5) is 0 Å². The molecule has 1 aliphatic carbocycles. The summed E-state index contributed by atoms with van der Waals surface area (Å²) in [4.78, 5) is 29.4. The van der Waals surface area contributed by atoms with Crippen molar-refractivity contribution in [1.82, 2.24) is 10.2 Å². The number of benzene rings is 3. The van der Waals surface area contributed by atoms with E-state index in [1.54, 1.807) is 4.90 Å². The zero-order valence-corrected chi connectivity index (χ0v) is 21.9. The van der Waals surface area contributed by atoms with Crippen molar-refractivity contribution in [3.63, 3.8) is 0 Å². The topological polar surface area (TPSA) is 49.4 Å². The van der Waals surface area contributed by atoms with Gasteiger partial charge in [-0.25, -0.2) is 0 Å². The van der Waals surface area contributed by atoms with Gasteiger partial charge in [0.25, 0.3) is 0 Å². The van der Waals surface area contributed by atoms with Crippen molar-refractivity contribution < 1.29 is 9.59 Å². The Labute approximate surface area is 219 Å². The molecule has 1 saturated carbocycles. The standard InChI is InChI=1S/C31H35ClN2O2/c1-22-15-23(2)17-26(16-22)20-30(35)34(21-25-11-8-12-27(32)18-25)29(19-24-9-4-3-5-10-24)31(36)33-28-13-6-7-14-28/h3-5,8-12,15-18,28-29H,6-7,13-14,19-21H2,1-2H3,(H,33,36)/t29-/m1/s1. The van der Waals surface area contributed by atoms with Crippen LogP contribution in [0.5, 0.6) is 0 Å². The lowest BCUT2D eigenvalue weighted by atomic mass is 10.00. The highest BCUT2D eigenvalue weighted by Crippen LogP contribution is 2.22. The lowest BCUT2D eigenvalue weighted by Gasteiger charge is -2.32. The predicted molar refractivity (Wildman–Crippen MR) is 146 cm³/mol. The van der Waals surface area contributed by atoms with Gasteiger partial charge in [-0.05, 0) is 55.5 Å². The second-order valence-electron chi connectivity index (χ2n) is 10.0. The van der Waals surface area contributed by atoms with Gasteiger partial charge in [-0.3, -0.25) is 9.59 Å². The SMILES string of the molecule is Cc1cc(C)cc(CC(=O)N(Cc2cccc(Cl)c2)[C@H](Cc2ccccc2)C(=O)NC2CCCC2)c1. The number of rotatable bonds is 9. The Morgan fingerprint density at radius 1 is 0.889 bits per heavy atom. The maximum Gasteiger partial charge on any atom is 0.243 e. The average Bonchev–Trinajstić information content (AvgIpc) is 3.34. The molecule has 1 aliphatic rings. The largest absolute Gasteiger partial charge is 0.352 e. The molecule has 4 nitrogen and oxygen atoms in total. The lowest BCUT2D eigenvalue weighted by Crippen LogP contribution is -2.52. The van der Waals surface area contributed by atoms with Crippen LogP contribution in [0.25, 0.3) is 0 Å². The molecular weight excluding hydrogens is 468 g/mol. The number of amides is 2. The van der Waals surface area contributed by atoms with Crippen molar-refractivity contribution in [2.75, 3.05) is 0 Å². The monoisotopic (exact) mass is 502 g/mol. The van der Waals surface area contributed by atoms with E-state index < -0.39 is 6.04 Å². The van der Waals surface area contributed by atoms with Gasteiger partial charge in [0.05, 0.1) is 6.42 Å². The number of aryl methyl sites for hydroxylation is 2. The Hall–Kier alpha value is -3.11. The van der Waals surface area contributed by atoms with Crippen LogP contribution in [-0.2, 0) is 29.0 Å². The van der Waals surface area contributed by atoms with Crippen LogP contribution in [0.1, 0.15) is 53.5 Å². The molecule has 36 heavy (non-hydrogen) atoms. The second kappa shape index (κ2) is 12.2. The number of carbonyl (C=O) groups is 2. The molecule has 0 spiro atoms. The molecular formula is C31H35ClN2O2. The summed E-state index contributed by atoms with van der Waals surface area (Å²) in [7, 11) is 0. The molecule has 0 radical (unpaired) electrons. The van der Waals surface area contributed by atoms with E-state index >= 15 is 0 Å². The van der Waals surface area contributed by atoms with Gasteiger partial charge in [0, 0.05) is 24.0 Å². The number of hydrogen-bond acceptors (Lipinski definition) is 2. The minimum Gasteiger partial charge on any atom is -0.352 e. The summed E-state index contributed by atoms with van der Waals surface area (Å²) >= 11 is 6.28. The molecule has 4 rings (SSSR count). The van der Waals surface area contributed by atoms with E-state index in [0.717, 1.165) is 53.5 Å². The van der Waals surface area contributed by atoms with E-state index in [0.29, 0.717) is 18.0 Å². The molecule has 0 heterocycles. The van der Waals surface area contributed by atoms with Crippen LogP contribution in [0.3, 0.4) is 0 Å². The van der Waals surface area contributed by atoms with E-state index in [9.17, 15) is 9.59 Å². The van der Waals surface area contributed by atoms with Gasteiger partial charge >= 0.3 is 0 Å². The smallest absolute Gasteiger partial charge is 0.243 e. The first-order chi connectivity index (χ1) is 17.4. The Morgan fingerprint density at radius 3 is 2.22 bits per heavy atom. The van der Waals surface area contributed by atoms with Gasteiger partial charge in [-0.15, -0.1) is 0 Å². The zero-order valence-electron chi connectivity index (χ0n) is 21.2. The van der Waals surface area contributed by atoms with E-state index in [1.807, 2.05) is 80.6 Å². The van der Waals surface area contributed by atoms with Gasteiger partial charge in [-0.2, -0.15) is 0 Å². The van der Waals surface area contributed by atoms with Crippen LogP contribution in [-0.4, -0.2) is 28.8 Å². The Bertz CT molecular complexity index is 1170. The molecule has 1 fully saturated rings. The first kappa shape index (κ1) is 26.0. The number of nitrogens with zero attached hydrogens (tertiary/aromatic N) is 1. The first-order valence-corrected chi connectivity index (χ1v) is 13.2.